The fourth-order valence-electron chi connectivity index (χ4n) is 2.84. The summed E-state index contributed by atoms with van der Waals surface area (Å²) in [6.07, 6.45) is 3.76. The second kappa shape index (κ2) is 7.68. The van der Waals surface area contributed by atoms with E-state index in [4.69, 9.17) is 4.74 Å². The largest absolute Gasteiger partial charge is 0.494 e. The van der Waals surface area contributed by atoms with Gasteiger partial charge in [-0.2, -0.15) is 0 Å². The van der Waals surface area contributed by atoms with Crippen LogP contribution in [0.25, 0.3) is 0 Å². The lowest BCUT2D eigenvalue weighted by Crippen LogP contribution is -2.35. The first-order valence-corrected chi connectivity index (χ1v) is 8.14. The molecule has 1 aromatic rings. The molecule has 2 nitrogen and oxygen atoms in total. The molecule has 2 heteroatoms. The maximum atomic E-state index is 5.65. The van der Waals surface area contributed by atoms with Gasteiger partial charge in [-0.25, -0.2) is 0 Å². The van der Waals surface area contributed by atoms with Gasteiger partial charge < -0.3 is 10.1 Å². The van der Waals surface area contributed by atoms with E-state index in [1.807, 2.05) is 0 Å². The van der Waals surface area contributed by atoms with Crippen LogP contribution in [0.2, 0.25) is 0 Å². The van der Waals surface area contributed by atoms with E-state index in [0.717, 1.165) is 49.6 Å². The molecule has 1 aliphatic carbocycles. The van der Waals surface area contributed by atoms with Gasteiger partial charge in [0.2, 0.25) is 0 Å². The Labute approximate surface area is 123 Å². The Balaban J connectivity index is 1.81. The Morgan fingerprint density at radius 1 is 1.20 bits per heavy atom. The molecule has 0 heterocycles. The summed E-state index contributed by atoms with van der Waals surface area (Å²) in [5.41, 5.74) is 1.48. The van der Waals surface area contributed by atoms with Crippen molar-refractivity contribution in [1.82, 2.24) is 5.32 Å². The van der Waals surface area contributed by atoms with Gasteiger partial charge in [0.25, 0.3) is 0 Å². The Kier molecular flexibility index (Phi) is 5.90. The molecule has 0 amide bonds. The third-order valence-electron chi connectivity index (χ3n) is 4.16. The lowest BCUT2D eigenvalue weighted by Gasteiger charge is -2.37. The Hall–Kier alpha value is -1.02. The monoisotopic (exact) mass is 275 g/mol. The van der Waals surface area contributed by atoms with Crippen molar-refractivity contribution in [3.05, 3.63) is 29.8 Å². The van der Waals surface area contributed by atoms with Crippen LogP contribution in [0.15, 0.2) is 24.3 Å². The summed E-state index contributed by atoms with van der Waals surface area (Å²) in [5.74, 6) is 3.30. The molecule has 0 radical (unpaired) electrons. The summed E-state index contributed by atoms with van der Waals surface area (Å²) < 4.78 is 5.65. The summed E-state index contributed by atoms with van der Waals surface area (Å²) in [7, 11) is 0. The van der Waals surface area contributed by atoms with Crippen LogP contribution in [0.3, 0.4) is 0 Å². The minimum absolute atomic E-state index is 0.739. The number of ether oxygens (including phenoxy) is 1. The van der Waals surface area contributed by atoms with Crippen LogP contribution in [0.1, 0.15) is 51.5 Å². The predicted octanol–water partition coefficient (Wildman–Crippen LogP) is 4.21. The van der Waals surface area contributed by atoms with Gasteiger partial charge in [0.1, 0.15) is 5.75 Å². The fraction of sp³-hybridized carbons (Fsp3) is 0.667. The summed E-state index contributed by atoms with van der Waals surface area (Å²) in [5, 5.41) is 3.60. The van der Waals surface area contributed by atoms with Crippen LogP contribution < -0.4 is 10.1 Å². The van der Waals surface area contributed by atoms with Crippen molar-refractivity contribution in [3.63, 3.8) is 0 Å². The lowest BCUT2D eigenvalue weighted by atomic mass is 9.70. The summed E-state index contributed by atoms with van der Waals surface area (Å²) in [6, 6.07) is 8.76. The first-order valence-electron chi connectivity index (χ1n) is 8.14. The molecule has 2 atom stereocenters. The molecule has 0 aromatic heterocycles. The fourth-order valence-corrected chi connectivity index (χ4v) is 2.84. The zero-order chi connectivity index (χ0) is 14.4. The molecule has 1 aromatic carbocycles. The SMILES string of the molecule is CCCOc1ccc(C2CCC2CNCC(C)C)cc1. The zero-order valence-corrected chi connectivity index (χ0v) is 13.2. The van der Waals surface area contributed by atoms with Crippen LogP contribution in [0.5, 0.6) is 5.75 Å². The topological polar surface area (TPSA) is 21.3 Å². The summed E-state index contributed by atoms with van der Waals surface area (Å²) in [4.78, 5) is 0. The number of benzene rings is 1. The number of hydrogen-bond acceptors (Lipinski definition) is 2. The molecule has 0 saturated heterocycles. The van der Waals surface area contributed by atoms with Gasteiger partial charge in [-0.1, -0.05) is 32.9 Å². The Morgan fingerprint density at radius 3 is 2.50 bits per heavy atom. The molecule has 0 bridgehead atoms. The first kappa shape index (κ1) is 15.4. The number of rotatable bonds is 8. The van der Waals surface area contributed by atoms with E-state index in [0.29, 0.717) is 0 Å². The average molecular weight is 275 g/mol. The van der Waals surface area contributed by atoms with Gasteiger partial charge in [0, 0.05) is 0 Å². The van der Waals surface area contributed by atoms with Crippen molar-refractivity contribution in [2.24, 2.45) is 11.8 Å². The minimum Gasteiger partial charge on any atom is -0.494 e. The smallest absolute Gasteiger partial charge is 0.119 e. The molecule has 0 spiro atoms. The molecule has 1 fully saturated rings. The van der Waals surface area contributed by atoms with Crippen molar-refractivity contribution in [2.75, 3.05) is 19.7 Å². The van der Waals surface area contributed by atoms with Gasteiger partial charge in [-0.3, -0.25) is 0 Å². The highest BCUT2D eigenvalue weighted by Crippen LogP contribution is 2.42. The lowest BCUT2D eigenvalue weighted by molar-refractivity contribution is 0.243. The zero-order valence-electron chi connectivity index (χ0n) is 13.2. The van der Waals surface area contributed by atoms with E-state index in [-0.39, 0.29) is 0 Å². The van der Waals surface area contributed by atoms with Crippen molar-refractivity contribution in [2.45, 2.75) is 46.0 Å². The molecule has 0 aliphatic heterocycles. The highest BCUT2D eigenvalue weighted by atomic mass is 16.5. The molecule has 1 N–H and O–H groups in total. The molecular weight excluding hydrogens is 246 g/mol. The molecule has 112 valence electrons. The highest BCUT2D eigenvalue weighted by Gasteiger charge is 2.31. The summed E-state index contributed by atoms with van der Waals surface area (Å²) >= 11 is 0. The van der Waals surface area contributed by atoms with Crippen LogP contribution in [-0.4, -0.2) is 19.7 Å². The van der Waals surface area contributed by atoms with Gasteiger partial charge in [0.15, 0.2) is 0 Å². The molecule has 1 saturated carbocycles. The van der Waals surface area contributed by atoms with E-state index >= 15 is 0 Å². The highest BCUT2D eigenvalue weighted by molar-refractivity contribution is 5.31. The standard InChI is InChI=1S/C18H29NO/c1-4-11-20-17-8-5-15(6-9-17)18-10-7-16(18)13-19-12-14(2)3/h5-6,8-9,14,16,18-19H,4,7,10-13H2,1-3H3. The number of hydrogen-bond donors (Lipinski definition) is 1. The maximum absolute atomic E-state index is 5.65. The van der Waals surface area contributed by atoms with Crippen molar-refractivity contribution in [1.29, 1.82) is 0 Å². The molecule has 20 heavy (non-hydrogen) atoms. The Bertz CT molecular complexity index is 385. The summed E-state index contributed by atoms with van der Waals surface area (Å²) in [6.45, 7) is 9.77. The van der Waals surface area contributed by atoms with Crippen molar-refractivity contribution >= 4 is 0 Å². The van der Waals surface area contributed by atoms with Crippen molar-refractivity contribution in [3.8, 4) is 5.75 Å². The third kappa shape index (κ3) is 4.24. The molecule has 1 aliphatic rings. The van der Waals surface area contributed by atoms with E-state index in [9.17, 15) is 0 Å². The second-order valence-electron chi connectivity index (χ2n) is 6.41. The average Bonchev–Trinajstić information content (AvgIpc) is 2.41. The van der Waals surface area contributed by atoms with Crippen LogP contribution in [0, 0.1) is 11.8 Å². The first-order chi connectivity index (χ1) is 9.70. The van der Waals surface area contributed by atoms with E-state index < -0.39 is 0 Å². The molecular formula is C18H29NO. The van der Waals surface area contributed by atoms with Gasteiger partial charge in [-0.15, -0.1) is 0 Å². The van der Waals surface area contributed by atoms with Gasteiger partial charge in [-0.05, 0) is 67.8 Å². The molecule has 2 rings (SSSR count). The van der Waals surface area contributed by atoms with Crippen molar-refractivity contribution < 1.29 is 4.74 Å². The second-order valence-corrected chi connectivity index (χ2v) is 6.41. The normalized spacial score (nSPS) is 21.8. The van der Waals surface area contributed by atoms with Crippen LogP contribution in [0.4, 0.5) is 0 Å². The number of nitrogens with one attached hydrogen (secondary N) is 1. The Morgan fingerprint density at radius 2 is 1.95 bits per heavy atom. The molecule has 2 unspecified atom stereocenters. The maximum Gasteiger partial charge on any atom is 0.119 e. The quantitative estimate of drug-likeness (QED) is 0.767. The van der Waals surface area contributed by atoms with Gasteiger partial charge >= 0.3 is 0 Å². The predicted molar refractivity (Wildman–Crippen MR) is 85.4 cm³/mol. The van der Waals surface area contributed by atoms with E-state index in [1.54, 1.807) is 0 Å². The van der Waals surface area contributed by atoms with E-state index in [1.165, 1.54) is 18.4 Å². The van der Waals surface area contributed by atoms with Crippen LogP contribution >= 0.6 is 0 Å². The van der Waals surface area contributed by atoms with Crippen LogP contribution in [-0.2, 0) is 0 Å². The van der Waals surface area contributed by atoms with E-state index in [2.05, 4.69) is 50.4 Å². The third-order valence-corrected chi connectivity index (χ3v) is 4.16. The minimum atomic E-state index is 0.739. The van der Waals surface area contributed by atoms with Gasteiger partial charge in [0.05, 0.1) is 6.61 Å².